The van der Waals surface area contributed by atoms with Crippen LogP contribution in [0.1, 0.15) is 26.5 Å². The molecule has 6 heteroatoms. The molecule has 4 nitrogen and oxygen atoms in total. The molecule has 0 aliphatic heterocycles. The number of pyridine rings is 1. The highest BCUT2D eigenvalue weighted by atomic mass is 32.2. The fraction of sp³-hybridized carbons (Fsp3) is 0.400. The van der Waals surface area contributed by atoms with Gasteiger partial charge in [0.2, 0.25) is 0 Å². The molecule has 2 heterocycles. The molecule has 2 rings (SSSR count). The van der Waals surface area contributed by atoms with E-state index in [2.05, 4.69) is 9.97 Å². The van der Waals surface area contributed by atoms with E-state index in [9.17, 15) is 4.79 Å². The van der Waals surface area contributed by atoms with Crippen LogP contribution >= 0.6 is 23.1 Å². The molecule has 0 aliphatic carbocycles. The highest BCUT2D eigenvalue weighted by Crippen LogP contribution is 2.36. The summed E-state index contributed by atoms with van der Waals surface area (Å²) < 4.78 is -0.101. The molecule has 0 spiro atoms. The van der Waals surface area contributed by atoms with Crippen molar-refractivity contribution in [3.05, 3.63) is 30.2 Å². The summed E-state index contributed by atoms with van der Waals surface area (Å²) in [6, 6.07) is 3.86. The summed E-state index contributed by atoms with van der Waals surface area (Å²) in [6.45, 7) is 8.02. The molecular weight excluding hydrogens is 302 g/mol. The Bertz CT molecular complexity index is 632. The summed E-state index contributed by atoms with van der Waals surface area (Å²) in [5.74, 6) is 0. The zero-order chi connectivity index (χ0) is 15.6. The van der Waals surface area contributed by atoms with Crippen LogP contribution in [0.4, 0.5) is 9.80 Å². The number of hydrogen-bond acceptors (Lipinski definition) is 5. The molecular formula is C15H19N3OS2. The lowest BCUT2D eigenvalue weighted by molar-refractivity contribution is 0.266. The smallest absolute Gasteiger partial charge is 0.286 e. The number of carbonyl (C=O) groups excluding carboxylic acids is 1. The first-order chi connectivity index (χ1) is 9.78. The van der Waals surface area contributed by atoms with Crippen molar-refractivity contribution in [3.8, 4) is 10.6 Å². The molecule has 0 N–H and O–H groups in total. The number of rotatable bonds is 2. The van der Waals surface area contributed by atoms with Crippen LogP contribution in [0.2, 0.25) is 0 Å². The number of thioether (sulfide) groups is 1. The summed E-state index contributed by atoms with van der Waals surface area (Å²) in [6.07, 6.45) is 3.52. The van der Waals surface area contributed by atoms with Crippen molar-refractivity contribution < 1.29 is 4.79 Å². The predicted molar refractivity (Wildman–Crippen MR) is 91.2 cm³/mol. The number of amides is 1. The van der Waals surface area contributed by atoms with Crippen molar-refractivity contribution in [1.29, 1.82) is 0 Å². The van der Waals surface area contributed by atoms with Gasteiger partial charge < -0.3 is 0 Å². The van der Waals surface area contributed by atoms with Gasteiger partial charge >= 0.3 is 0 Å². The van der Waals surface area contributed by atoms with Crippen LogP contribution in [-0.2, 0) is 0 Å². The van der Waals surface area contributed by atoms with Gasteiger partial charge in [0.05, 0.1) is 5.69 Å². The molecule has 0 bridgehead atoms. The summed E-state index contributed by atoms with van der Waals surface area (Å²) >= 11 is 2.84. The zero-order valence-electron chi connectivity index (χ0n) is 12.9. The van der Waals surface area contributed by atoms with Crippen molar-refractivity contribution in [3.63, 3.8) is 0 Å². The normalized spacial score (nSPS) is 11.5. The lowest BCUT2D eigenvalue weighted by Gasteiger charge is -2.21. The van der Waals surface area contributed by atoms with Gasteiger partial charge in [0, 0.05) is 29.8 Å². The van der Waals surface area contributed by atoms with Crippen molar-refractivity contribution in [2.45, 2.75) is 32.4 Å². The summed E-state index contributed by atoms with van der Waals surface area (Å²) in [7, 11) is 1.80. The number of hydrogen-bond donors (Lipinski definition) is 0. The minimum absolute atomic E-state index is 0.0342. The van der Waals surface area contributed by atoms with E-state index in [0.29, 0.717) is 0 Å². The monoisotopic (exact) mass is 321 g/mol. The van der Waals surface area contributed by atoms with Crippen LogP contribution in [0.15, 0.2) is 24.5 Å². The maximum absolute atomic E-state index is 12.3. The minimum atomic E-state index is -0.101. The summed E-state index contributed by atoms with van der Waals surface area (Å²) in [5, 5.41) is 1.80. The highest BCUT2D eigenvalue weighted by Gasteiger charge is 2.23. The van der Waals surface area contributed by atoms with Gasteiger partial charge in [-0.3, -0.25) is 14.7 Å². The van der Waals surface area contributed by atoms with Gasteiger partial charge in [-0.1, -0.05) is 43.9 Å². The third kappa shape index (κ3) is 4.04. The van der Waals surface area contributed by atoms with Gasteiger partial charge in [-0.05, 0) is 19.1 Å². The number of carbonyl (C=O) groups is 1. The Balaban J connectivity index is 2.25. The van der Waals surface area contributed by atoms with Crippen LogP contribution in [0.25, 0.3) is 10.6 Å². The Morgan fingerprint density at radius 2 is 2.10 bits per heavy atom. The number of aryl methyl sites for hydroxylation is 1. The lowest BCUT2D eigenvalue weighted by Crippen LogP contribution is -2.25. The topological polar surface area (TPSA) is 46.1 Å². The van der Waals surface area contributed by atoms with Crippen LogP contribution in [0.5, 0.6) is 0 Å². The molecule has 21 heavy (non-hydrogen) atoms. The third-order valence-corrected chi connectivity index (χ3v) is 5.00. The van der Waals surface area contributed by atoms with Crippen molar-refractivity contribution in [2.24, 2.45) is 0 Å². The van der Waals surface area contributed by atoms with Gasteiger partial charge in [-0.25, -0.2) is 4.98 Å². The second kappa shape index (κ2) is 6.15. The Hall–Kier alpha value is -1.40. The van der Waals surface area contributed by atoms with Crippen LogP contribution in [0.3, 0.4) is 0 Å². The Kier molecular flexibility index (Phi) is 4.68. The van der Waals surface area contributed by atoms with E-state index in [1.165, 1.54) is 23.1 Å². The van der Waals surface area contributed by atoms with Crippen molar-refractivity contribution >= 4 is 33.3 Å². The predicted octanol–water partition coefficient (Wildman–Crippen LogP) is 4.60. The number of anilines is 1. The van der Waals surface area contributed by atoms with E-state index >= 15 is 0 Å². The zero-order valence-corrected chi connectivity index (χ0v) is 14.5. The molecule has 2 aromatic rings. The average molecular weight is 321 g/mol. The molecule has 0 aromatic carbocycles. The summed E-state index contributed by atoms with van der Waals surface area (Å²) in [5.41, 5.74) is 1.84. The molecule has 0 saturated carbocycles. The first-order valence-corrected chi connectivity index (χ1v) is 8.26. The lowest BCUT2D eigenvalue weighted by atomic mass is 10.3. The number of nitrogens with zero attached hydrogens (tertiary/aromatic N) is 3. The molecule has 0 aliphatic rings. The number of thiazole rings is 1. The van der Waals surface area contributed by atoms with E-state index in [1.54, 1.807) is 24.3 Å². The van der Waals surface area contributed by atoms with Crippen LogP contribution in [-0.4, -0.2) is 27.0 Å². The molecule has 0 fully saturated rings. The largest absolute Gasteiger partial charge is 0.296 e. The highest BCUT2D eigenvalue weighted by molar-refractivity contribution is 8.15. The Morgan fingerprint density at radius 1 is 1.38 bits per heavy atom. The molecule has 0 saturated heterocycles. The molecule has 1 amide bonds. The van der Waals surface area contributed by atoms with Crippen LogP contribution < -0.4 is 4.90 Å². The van der Waals surface area contributed by atoms with E-state index in [0.717, 1.165) is 21.3 Å². The third-order valence-electron chi connectivity index (χ3n) is 2.65. The van der Waals surface area contributed by atoms with E-state index in [1.807, 2.05) is 39.8 Å². The van der Waals surface area contributed by atoms with Crippen molar-refractivity contribution in [2.75, 3.05) is 11.9 Å². The maximum atomic E-state index is 12.3. The van der Waals surface area contributed by atoms with Gasteiger partial charge in [0.25, 0.3) is 5.24 Å². The fourth-order valence-corrected chi connectivity index (χ4v) is 3.55. The first kappa shape index (κ1) is 16.0. The number of aromatic nitrogens is 2. The SMILES string of the molecule is Cc1nc(-c2cccnc2)sc1N(C)C(=O)SC(C)(C)C. The van der Waals surface area contributed by atoms with Gasteiger partial charge in [0.1, 0.15) is 10.0 Å². The quantitative estimate of drug-likeness (QED) is 0.811. The second-order valence-electron chi connectivity index (χ2n) is 5.69. The Labute approximate surface area is 133 Å². The Morgan fingerprint density at radius 3 is 2.67 bits per heavy atom. The molecule has 0 radical (unpaired) electrons. The maximum Gasteiger partial charge on any atom is 0.286 e. The standard InChI is InChI=1S/C15H19N3OS2/c1-10-13(18(5)14(19)21-15(2,3)4)20-12(17-10)11-7-6-8-16-9-11/h6-9H,1-5H3. The average Bonchev–Trinajstić information content (AvgIpc) is 2.79. The van der Waals surface area contributed by atoms with Gasteiger partial charge in [-0.2, -0.15) is 0 Å². The second-order valence-corrected chi connectivity index (χ2v) is 8.45. The van der Waals surface area contributed by atoms with Crippen molar-refractivity contribution in [1.82, 2.24) is 9.97 Å². The molecule has 2 aromatic heterocycles. The van der Waals surface area contributed by atoms with Gasteiger partial charge in [0.15, 0.2) is 0 Å². The molecule has 0 atom stereocenters. The van der Waals surface area contributed by atoms with E-state index in [4.69, 9.17) is 0 Å². The van der Waals surface area contributed by atoms with Gasteiger partial charge in [-0.15, -0.1) is 0 Å². The fourth-order valence-electron chi connectivity index (χ4n) is 1.73. The minimum Gasteiger partial charge on any atom is -0.296 e. The van der Waals surface area contributed by atoms with E-state index < -0.39 is 0 Å². The van der Waals surface area contributed by atoms with E-state index in [-0.39, 0.29) is 9.99 Å². The summed E-state index contributed by atoms with van der Waals surface area (Å²) in [4.78, 5) is 22.7. The molecule has 0 unspecified atom stereocenters. The van der Waals surface area contributed by atoms with Crippen LogP contribution in [0, 0.1) is 6.92 Å². The molecule has 112 valence electrons. The first-order valence-electron chi connectivity index (χ1n) is 6.62.